The molecule has 12 nitrogen and oxygen atoms in total. The van der Waals surface area contributed by atoms with E-state index < -0.39 is 30.4 Å². The third kappa shape index (κ3) is 10.9. The van der Waals surface area contributed by atoms with Crippen LogP contribution in [0.1, 0.15) is 77.6 Å². The molecule has 0 bridgehead atoms. The zero-order valence-corrected chi connectivity index (χ0v) is 36.8. The second-order valence-corrected chi connectivity index (χ2v) is 23.1. The number of rotatable bonds is 20. The molecule has 0 aromatic heterocycles. The molecule has 2 heterocycles. The van der Waals surface area contributed by atoms with E-state index in [1.807, 2.05) is 0 Å². The Morgan fingerprint density at radius 2 is 0.600 bits per heavy atom. The predicted molar refractivity (Wildman–Crippen MR) is 209 cm³/mol. The van der Waals surface area contributed by atoms with E-state index in [0.717, 1.165) is 22.3 Å². The van der Waals surface area contributed by atoms with E-state index >= 15 is 0 Å². The third-order valence-electron chi connectivity index (χ3n) is 6.75. The molecule has 0 aliphatic carbocycles. The minimum atomic E-state index is -4.06. The lowest BCUT2D eigenvalue weighted by molar-refractivity contribution is 0.212. The fourth-order valence-corrected chi connectivity index (χ4v) is 22.0. The highest BCUT2D eigenvalue weighted by atomic mass is 32.2. The van der Waals surface area contributed by atoms with Gasteiger partial charge in [-0.15, -0.1) is 47.0 Å². The van der Waals surface area contributed by atoms with Crippen LogP contribution < -0.4 is 0 Å². The number of fused-ring (bicyclic) bond motifs is 2. The Balaban J connectivity index is 2.10. The molecule has 0 radical (unpaired) electrons. The van der Waals surface area contributed by atoms with Crippen LogP contribution in [0.15, 0.2) is 30.7 Å². The molecule has 1 aromatic carbocycles. The molecule has 0 saturated heterocycles. The maximum absolute atomic E-state index is 14.3. The molecule has 0 amide bonds. The van der Waals surface area contributed by atoms with Gasteiger partial charge in [-0.3, -0.25) is 18.3 Å². The van der Waals surface area contributed by atoms with Crippen LogP contribution in [-0.2, 0) is 77.5 Å². The maximum Gasteiger partial charge on any atom is 0.371 e. The molecule has 50 heavy (non-hydrogen) atoms. The lowest BCUT2D eigenvalue weighted by Crippen LogP contribution is -2.06. The van der Waals surface area contributed by atoms with Gasteiger partial charge in [0.15, 0.2) is 10.1 Å². The second-order valence-electron chi connectivity index (χ2n) is 10.1. The van der Waals surface area contributed by atoms with E-state index in [0.29, 0.717) is 31.5 Å². The maximum atomic E-state index is 14.3. The van der Waals surface area contributed by atoms with Gasteiger partial charge in [-0.25, -0.2) is 0 Å². The van der Waals surface area contributed by atoms with Gasteiger partial charge in [0.2, 0.25) is 0 Å². The molecule has 0 saturated carbocycles. The molecule has 1 aromatic rings. The Hall–Kier alpha value is 0.700. The summed E-state index contributed by atoms with van der Waals surface area (Å²) in [7, 11) is -16.2. The van der Waals surface area contributed by atoms with Crippen LogP contribution in [-0.4, -0.2) is 52.9 Å². The fourth-order valence-electron chi connectivity index (χ4n) is 4.99. The molecule has 0 atom stereocenters. The van der Waals surface area contributed by atoms with E-state index in [2.05, 4.69) is 12.1 Å². The third-order valence-corrected chi connectivity index (χ3v) is 23.8. The first-order valence-corrected chi connectivity index (χ1v) is 26.7. The van der Waals surface area contributed by atoms with Crippen molar-refractivity contribution in [2.24, 2.45) is 0 Å². The van der Waals surface area contributed by atoms with E-state index in [9.17, 15) is 18.3 Å². The molecule has 2 aliphatic rings. The molecule has 3 rings (SSSR count). The van der Waals surface area contributed by atoms with Crippen molar-refractivity contribution in [2.45, 2.75) is 78.4 Å². The van der Waals surface area contributed by atoms with E-state index in [1.165, 1.54) is 47.0 Å². The summed E-state index contributed by atoms with van der Waals surface area (Å²) < 4.78 is 104. The number of benzene rings is 1. The average Bonchev–Trinajstić information content (AvgIpc) is 3.37. The van der Waals surface area contributed by atoms with Crippen LogP contribution in [0.25, 0.3) is 0 Å². The Morgan fingerprint density at radius 3 is 0.760 bits per heavy atom. The second kappa shape index (κ2) is 21.1. The fraction of sp³-hybridized carbons (Fsp3) is 0.667. The molecular formula is C30H50O12P4S4. The average molecular weight is 855 g/mol. The highest BCUT2D eigenvalue weighted by Crippen LogP contribution is 2.78. The molecule has 0 fully saturated rings. The molecule has 286 valence electrons. The zero-order chi connectivity index (χ0) is 37.0. The highest BCUT2D eigenvalue weighted by Gasteiger charge is 2.49. The molecule has 0 spiro atoms. The summed E-state index contributed by atoms with van der Waals surface area (Å²) in [5, 5.41) is -0.0903. The lowest BCUT2D eigenvalue weighted by atomic mass is 10.0. The SMILES string of the molecule is CCOP(=O)(OCC)C(=C1SCc2cc3c(cc2CS1)CSC(=C(P(=O)(OCC)OCC)P(=O)(OCC)OCC)SC3)P(=O)(OCC)OCC. The highest BCUT2D eigenvalue weighted by molar-refractivity contribution is 8.23. The van der Waals surface area contributed by atoms with Crippen LogP contribution in [0, 0.1) is 0 Å². The van der Waals surface area contributed by atoms with Crippen molar-refractivity contribution in [1.82, 2.24) is 0 Å². The summed E-state index contributed by atoms with van der Waals surface area (Å²) in [6, 6.07) is 4.28. The summed E-state index contributed by atoms with van der Waals surface area (Å²) in [5.74, 6) is 1.96. The summed E-state index contributed by atoms with van der Waals surface area (Å²) in [6.07, 6.45) is 0. The smallest absolute Gasteiger partial charge is 0.305 e. The van der Waals surface area contributed by atoms with Crippen molar-refractivity contribution >= 4 is 77.4 Å². The first-order chi connectivity index (χ1) is 23.9. The molecule has 0 unspecified atom stereocenters. The molecular weight excluding hydrogens is 804 g/mol. The van der Waals surface area contributed by atoms with Gasteiger partial charge in [0.05, 0.1) is 61.3 Å². The van der Waals surface area contributed by atoms with Crippen molar-refractivity contribution < 1.29 is 54.5 Å². The van der Waals surface area contributed by atoms with E-state index in [1.54, 1.807) is 55.4 Å². The van der Waals surface area contributed by atoms with Crippen LogP contribution in [0.4, 0.5) is 0 Å². The van der Waals surface area contributed by atoms with E-state index in [4.69, 9.17) is 36.2 Å². The monoisotopic (exact) mass is 854 g/mol. The molecule has 0 N–H and O–H groups in total. The first kappa shape index (κ1) is 45.1. The van der Waals surface area contributed by atoms with Crippen molar-refractivity contribution in [2.75, 3.05) is 52.9 Å². The predicted octanol–water partition coefficient (Wildman–Crippen LogP) is 12.0. The quantitative estimate of drug-likeness (QED) is 0.115. The van der Waals surface area contributed by atoms with Crippen LogP contribution in [0.2, 0.25) is 0 Å². The van der Waals surface area contributed by atoms with Gasteiger partial charge >= 0.3 is 30.4 Å². The summed E-state index contributed by atoms with van der Waals surface area (Å²) >= 11 is 5.60. The summed E-state index contributed by atoms with van der Waals surface area (Å²) in [6.45, 7) is 14.3. The van der Waals surface area contributed by atoms with Gasteiger partial charge in [0.1, 0.15) is 0 Å². The van der Waals surface area contributed by atoms with Crippen LogP contribution >= 0.6 is 77.4 Å². The van der Waals surface area contributed by atoms with Gasteiger partial charge in [0, 0.05) is 23.0 Å². The van der Waals surface area contributed by atoms with Crippen LogP contribution in [0.3, 0.4) is 0 Å². The Bertz CT molecular complexity index is 1310. The number of hydrogen-bond acceptors (Lipinski definition) is 16. The Morgan fingerprint density at radius 1 is 0.420 bits per heavy atom. The lowest BCUT2D eigenvalue weighted by Gasteiger charge is -2.27. The first-order valence-electron chi connectivity index (χ1n) is 16.6. The topological polar surface area (TPSA) is 142 Å². The Kier molecular flexibility index (Phi) is 19.1. The van der Waals surface area contributed by atoms with Crippen molar-refractivity contribution in [3.63, 3.8) is 0 Å². The number of hydrogen-bond donors (Lipinski definition) is 0. The standard InChI is InChI=1S/C30H50O12P4S4/c1-9-35-43(31,36-10-2)27(44(32,37-11-3)38-12-4)29-47-19-23-17-25-21-49-30(50-22-26(25)18-24(23)20-48-29)28(45(33,39-13-5)40-14-6)46(34,41-15-7)42-16-8/h17-18H,9-16,19-22H2,1-8H3. The molecule has 2 aliphatic heterocycles. The van der Waals surface area contributed by atoms with Gasteiger partial charge in [-0.05, 0) is 77.6 Å². The van der Waals surface area contributed by atoms with Gasteiger partial charge in [0.25, 0.3) is 0 Å². The summed E-state index contributed by atoms with van der Waals surface area (Å²) in [5.41, 5.74) is 4.23. The molecule has 20 heteroatoms. The van der Waals surface area contributed by atoms with E-state index in [-0.39, 0.29) is 63.0 Å². The van der Waals surface area contributed by atoms with Crippen molar-refractivity contribution in [3.05, 3.63) is 53.0 Å². The van der Waals surface area contributed by atoms with Crippen molar-refractivity contribution in [1.29, 1.82) is 0 Å². The summed E-state index contributed by atoms with van der Waals surface area (Å²) in [4.78, 5) is 0. The minimum Gasteiger partial charge on any atom is -0.305 e. The van der Waals surface area contributed by atoms with Gasteiger partial charge in [-0.1, -0.05) is 12.1 Å². The Labute approximate surface area is 314 Å². The zero-order valence-electron chi connectivity index (χ0n) is 30.0. The number of thioether (sulfide) groups is 4. The van der Waals surface area contributed by atoms with Gasteiger partial charge in [-0.2, -0.15) is 0 Å². The largest absolute Gasteiger partial charge is 0.371 e. The normalized spacial score (nSPS) is 16.1. The van der Waals surface area contributed by atoms with Crippen molar-refractivity contribution in [3.8, 4) is 0 Å². The van der Waals surface area contributed by atoms with Gasteiger partial charge < -0.3 is 36.2 Å². The minimum absolute atomic E-state index is 0.0451. The van der Waals surface area contributed by atoms with Crippen LogP contribution in [0.5, 0.6) is 0 Å².